The van der Waals surface area contributed by atoms with Crippen molar-refractivity contribution in [2.24, 2.45) is 0 Å². The molecule has 118 valence electrons. The topological polar surface area (TPSA) is 80.5 Å². The molecular formula is C13H19ClN2O4S. The summed E-state index contributed by atoms with van der Waals surface area (Å²) in [4.78, 5) is 10.2. The van der Waals surface area contributed by atoms with Gasteiger partial charge in [0.05, 0.1) is 9.82 Å². The second-order valence-electron chi connectivity index (χ2n) is 5.04. The minimum absolute atomic E-state index is 0.0666. The summed E-state index contributed by atoms with van der Waals surface area (Å²) in [5, 5.41) is 10.9. The van der Waals surface area contributed by atoms with Crippen molar-refractivity contribution < 1.29 is 13.3 Å². The Morgan fingerprint density at radius 1 is 1.38 bits per heavy atom. The zero-order valence-electron chi connectivity index (χ0n) is 12.5. The van der Waals surface area contributed by atoms with Crippen LogP contribution in [0.3, 0.4) is 0 Å². The maximum absolute atomic E-state index is 12.7. The summed E-state index contributed by atoms with van der Waals surface area (Å²) in [6.07, 6.45) is 0.659. The fourth-order valence-corrected chi connectivity index (χ4v) is 4.31. The zero-order chi connectivity index (χ0) is 16.4. The van der Waals surface area contributed by atoms with Crippen molar-refractivity contribution in [1.82, 2.24) is 4.31 Å². The van der Waals surface area contributed by atoms with Crippen LogP contribution in [0.5, 0.6) is 0 Å². The number of nitrogens with zero attached hydrogens (tertiary/aromatic N) is 2. The minimum Gasteiger partial charge on any atom is -0.258 e. The number of nitro groups is 1. The molecule has 0 N–H and O–H groups in total. The lowest BCUT2D eigenvalue weighted by molar-refractivity contribution is -0.384. The molecule has 0 saturated heterocycles. The Balaban J connectivity index is 3.50. The fourth-order valence-electron chi connectivity index (χ4n) is 2.06. The van der Waals surface area contributed by atoms with E-state index in [0.29, 0.717) is 18.5 Å². The molecule has 1 aromatic carbocycles. The Hall–Kier alpha value is -1.18. The van der Waals surface area contributed by atoms with Gasteiger partial charge in [0.15, 0.2) is 0 Å². The molecule has 21 heavy (non-hydrogen) atoms. The molecule has 1 rings (SSSR count). The number of nitro benzene ring substituents is 1. The van der Waals surface area contributed by atoms with Crippen molar-refractivity contribution in [1.29, 1.82) is 0 Å². The first-order valence-corrected chi connectivity index (χ1v) is 8.41. The van der Waals surface area contributed by atoms with Gasteiger partial charge < -0.3 is 0 Å². The lowest BCUT2D eigenvalue weighted by Crippen LogP contribution is -2.37. The van der Waals surface area contributed by atoms with Crippen molar-refractivity contribution in [2.45, 2.75) is 45.1 Å². The van der Waals surface area contributed by atoms with E-state index in [4.69, 9.17) is 11.6 Å². The number of benzene rings is 1. The monoisotopic (exact) mass is 334 g/mol. The third kappa shape index (κ3) is 3.72. The first-order chi connectivity index (χ1) is 9.62. The van der Waals surface area contributed by atoms with Crippen molar-refractivity contribution in [3.05, 3.63) is 32.8 Å². The SMILES string of the molecule is CCCN(C(C)C)S(=O)(=O)c1cc([N+](=O)[O-])c(Cl)cc1C. The maximum atomic E-state index is 12.7. The van der Waals surface area contributed by atoms with Crippen LogP contribution in [-0.4, -0.2) is 30.2 Å². The third-order valence-electron chi connectivity index (χ3n) is 3.05. The normalized spacial score (nSPS) is 12.1. The minimum atomic E-state index is -3.80. The predicted molar refractivity (Wildman–Crippen MR) is 82.2 cm³/mol. The number of aryl methyl sites for hydroxylation is 1. The quantitative estimate of drug-likeness (QED) is 0.590. The Morgan fingerprint density at radius 3 is 2.38 bits per heavy atom. The zero-order valence-corrected chi connectivity index (χ0v) is 14.0. The molecule has 0 spiro atoms. The van der Waals surface area contributed by atoms with Crippen molar-refractivity contribution >= 4 is 27.3 Å². The maximum Gasteiger partial charge on any atom is 0.289 e. The molecule has 0 radical (unpaired) electrons. The van der Waals surface area contributed by atoms with Gasteiger partial charge in [0, 0.05) is 18.7 Å². The molecule has 1 aromatic rings. The van der Waals surface area contributed by atoms with E-state index in [1.54, 1.807) is 20.8 Å². The Labute approximate surface area is 129 Å². The summed E-state index contributed by atoms with van der Waals surface area (Å²) in [6, 6.07) is 2.12. The lowest BCUT2D eigenvalue weighted by Gasteiger charge is -2.26. The van der Waals surface area contributed by atoms with Gasteiger partial charge in [0.2, 0.25) is 10.0 Å². The molecule has 0 fully saturated rings. The van der Waals surface area contributed by atoms with Crippen molar-refractivity contribution in [3.63, 3.8) is 0 Å². The molecule has 8 heteroatoms. The number of hydrogen-bond donors (Lipinski definition) is 0. The van der Waals surface area contributed by atoms with Gasteiger partial charge in [-0.05, 0) is 38.8 Å². The first kappa shape index (κ1) is 17.9. The van der Waals surface area contributed by atoms with Gasteiger partial charge in [-0.15, -0.1) is 0 Å². The molecule has 0 bridgehead atoms. The fraction of sp³-hybridized carbons (Fsp3) is 0.538. The number of halogens is 1. The van der Waals surface area contributed by atoms with E-state index >= 15 is 0 Å². The van der Waals surface area contributed by atoms with Crippen LogP contribution in [0, 0.1) is 17.0 Å². The number of rotatable bonds is 6. The molecule has 0 saturated carbocycles. The second-order valence-corrected chi connectivity index (χ2v) is 7.30. The van der Waals surface area contributed by atoms with Gasteiger partial charge in [0.1, 0.15) is 5.02 Å². The average Bonchev–Trinajstić information content (AvgIpc) is 2.34. The first-order valence-electron chi connectivity index (χ1n) is 6.59. The smallest absolute Gasteiger partial charge is 0.258 e. The van der Waals surface area contributed by atoms with Gasteiger partial charge in [-0.1, -0.05) is 18.5 Å². The van der Waals surface area contributed by atoms with E-state index in [2.05, 4.69) is 0 Å². The Kier molecular flexibility index (Phi) is 5.72. The largest absolute Gasteiger partial charge is 0.289 e. The summed E-state index contributed by atoms with van der Waals surface area (Å²) in [5.41, 5.74) is -0.00611. The highest BCUT2D eigenvalue weighted by molar-refractivity contribution is 7.89. The van der Waals surface area contributed by atoms with Gasteiger partial charge in [-0.3, -0.25) is 10.1 Å². The molecule has 0 amide bonds. The molecule has 0 aromatic heterocycles. The summed E-state index contributed by atoms with van der Waals surface area (Å²) < 4.78 is 26.8. The highest BCUT2D eigenvalue weighted by atomic mass is 35.5. The summed E-state index contributed by atoms with van der Waals surface area (Å²) in [5.74, 6) is 0. The molecule has 0 heterocycles. The van der Waals surface area contributed by atoms with Crippen LogP contribution < -0.4 is 0 Å². The second kappa shape index (κ2) is 6.72. The molecule has 6 nitrogen and oxygen atoms in total. The van der Waals surface area contributed by atoms with E-state index in [0.717, 1.165) is 6.07 Å². The molecule has 0 unspecified atom stereocenters. The number of hydrogen-bond acceptors (Lipinski definition) is 4. The Bertz CT molecular complexity index is 644. The van der Waals surface area contributed by atoms with Crippen LogP contribution >= 0.6 is 11.6 Å². The summed E-state index contributed by atoms with van der Waals surface area (Å²) in [7, 11) is -3.80. The van der Waals surface area contributed by atoms with Crippen LogP contribution in [-0.2, 0) is 10.0 Å². The standard InChI is InChI=1S/C13H19ClN2O4S/c1-5-6-15(9(2)3)21(19,20)13-8-12(16(17)18)11(14)7-10(13)4/h7-9H,5-6H2,1-4H3. The van der Waals surface area contributed by atoms with Crippen LogP contribution in [0.2, 0.25) is 5.02 Å². The third-order valence-corrected chi connectivity index (χ3v) is 5.57. The summed E-state index contributed by atoms with van der Waals surface area (Å²) in [6.45, 7) is 7.35. The van der Waals surface area contributed by atoms with Crippen LogP contribution in [0.1, 0.15) is 32.8 Å². The van der Waals surface area contributed by atoms with Crippen LogP contribution in [0.4, 0.5) is 5.69 Å². The average molecular weight is 335 g/mol. The van der Waals surface area contributed by atoms with Gasteiger partial charge in [0.25, 0.3) is 5.69 Å². The van der Waals surface area contributed by atoms with E-state index in [9.17, 15) is 18.5 Å². The van der Waals surface area contributed by atoms with Gasteiger partial charge >= 0.3 is 0 Å². The van der Waals surface area contributed by atoms with E-state index in [1.165, 1.54) is 10.4 Å². The highest BCUT2D eigenvalue weighted by Crippen LogP contribution is 2.32. The molecule has 0 aliphatic carbocycles. The highest BCUT2D eigenvalue weighted by Gasteiger charge is 2.30. The number of sulfonamides is 1. The Morgan fingerprint density at radius 2 is 1.95 bits per heavy atom. The van der Waals surface area contributed by atoms with Crippen LogP contribution in [0.15, 0.2) is 17.0 Å². The van der Waals surface area contributed by atoms with E-state index in [-0.39, 0.29) is 16.0 Å². The molecular weight excluding hydrogens is 316 g/mol. The molecule has 0 aliphatic heterocycles. The predicted octanol–water partition coefficient (Wildman–Crippen LogP) is 3.37. The van der Waals surface area contributed by atoms with E-state index < -0.39 is 20.6 Å². The summed E-state index contributed by atoms with van der Waals surface area (Å²) >= 11 is 5.80. The van der Waals surface area contributed by atoms with Crippen molar-refractivity contribution in [3.8, 4) is 0 Å². The van der Waals surface area contributed by atoms with E-state index in [1.807, 2.05) is 6.92 Å². The molecule has 0 atom stereocenters. The van der Waals surface area contributed by atoms with Gasteiger partial charge in [-0.2, -0.15) is 4.31 Å². The van der Waals surface area contributed by atoms with Crippen molar-refractivity contribution in [2.75, 3.05) is 6.54 Å². The van der Waals surface area contributed by atoms with Crippen LogP contribution in [0.25, 0.3) is 0 Å². The lowest BCUT2D eigenvalue weighted by atomic mass is 10.2. The van der Waals surface area contributed by atoms with Gasteiger partial charge in [-0.25, -0.2) is 8.42 Å². The molecule has 0 aliphatic rings.